The third-order valence-electron chi connectivity index (χ3n) is 5.83. The molecule has 0 spiro atoms. The third-order valence-corrected chi connectivity index (χ3v) is 7.06. The van der Waals surface area contributed by atoms with Crippen LogP contribution >= 0.6 is 11.8 Å². The molecule has 0 radical (unpaired) electrons. The van der Waals surface area contributed by atoms with Crippen LogP contribution in [-0.4, -0.2) is 71.2 Å². The van der Waals surface area contributed by atoms with Gasteiger partial charge >= 0.3 is 47.6 Å². The highest BCUT2D eigenvalue weighted by atomic mass is 32.2. The highest BCUT2D eigenvalue weighted by Crippen LogP contribution is 2.64. The average Bonchev–Trinajstić information content (AvgIpc) is 2.79. The Labute approximate surface area is 216 Å². The van der Waals surface area contributed by atoms with E-state index in [0.29, 0.717) is 5.56 Å². The Morgan fingerprint density at radius 3 is 1.60 bits per heavy atom. The molecule has 0 fully saturated rings. The van der Waals surface area contributed by atoms with Crippen molar-refractivity contribution in [3.63, 3.8) is 0 Å². The summed E-state index contributed by atoms with van der Waals surface area (Å²) in [5, 5.41) is -1.42. The number of benzene rings is 1. The number of halogens is 17. The van der Waals surface area contributed by atoms with Crippen molar-refractivity contribution in [1.29, 1.82) is 0 Å². The van der Waals surface area contributed by atoms with Gasteiger partial charge in [-0.2, -0.15) is 74.6 Å². The summed E-state index contributed by atoms with van der Waals surface area (Å²) >= 11 is 0.0996. The molecule has 1 aliphatic heterocycles. The SMILES string of the molecule is CN1Cc2ccccc2C(SCCC(F)(F)C(F)(F)C(F)(F)C(F)(F)C(F)(F)C(F)(F)C(F)(F)C(F)(F)F)C1=O. The van der Waals surface area contributed by atoms with Crippen LogP contribution in [0.4, 0.5) is 74.6 Å². The van der Waals surface area contributed by atoms with E-state index >= 15 is 0 Å². The Morgan fingerprint density at radius 1 is 0.700 bits per heavy atom. The number of fused-ring (bicyclic) bond motifs is 1. The van der Waals surface area contributed by atoms with Gasteiger partial charge in [0.1, 0.15) is 5.25 Å². The summed E-state index contributed by atoms with van der Waals surface area (Å²) in [7, 11) is 1.23. The zero-order valence-electron chi connectivity index (χ0n) is 19.2. The molecule has 230 valence electrons. The number of carbonyl (C=O) groups excluding carboxylic acids is 1. The smallest absolute Gasteiger partial charge is 0.340 e. The van der Waals surface area contributed by atoms with E-state index in [1.807, 2.05) is 0 Å². The molecule has 1 aromatic carbocycles. The van der Waals surface area contributed by atoms with Gasteiger partial charge in [0.05, 0.1) is 0 Å². The molecule has 0 aromatic heterocycles. The first-order chi connectivity index (χ1) is 17.6. The van der Waals surface area contributed by atoms with Crippen molar-refractivity contribution in [2.45, 2.75) is 65.8 Å². The highest BCUT2D eigenvalue weighted by Gasteiger charge is 2.95. The summed E-state index contributed by atoms with van der Waals surface area (Å²) in [5.41, 5.74) is 0.596. The number of hydrogen-bond acceptors (Lipinski definition) is 2. The van der Waals surface area contributed by atoms with Gasteiger partial charge in [-0.3, -0.25) is 4.79 Å². The predicted octanol–water partition coefficient (Wildman–Crippen LogP) is 7.83. The molecule has 40 heavy (non-hydrogen) atoms. The van der Waals surface area contributed by atoms with E-state index in [0.717, 1.165) is 4.90 Å². The van der Waals surface area contributed by atoms with E-state index in [2.05, 4.69) is 0 Å². The Kier molecular flexibility index (Phi) is 8.51. The van der Waals surface area contributed by atoms with Crippen LogP contribution in [0.3, 0.4) is 0 Å². The molecular weight excluding hydrogens is 625 g/mol. The zero-order chi connectivity index (χ0) is 31.5. The minimum Gasteiger partial charge on any atom is -0.340 e. The van der Waals surface area contributed by atoms with Crippen molar-refractivity contribution in [1.82, 2.24) is 4.90 Å². The molecule has 0 aliphatic carbocycles. The quantitative estimate of drug-likeness (QED) is 0.244. The zero-order valence-corrected chi connectivity index (χ0v) is 20.0. The average molecular weight is 639 g/mol. The number of amides is 1. The van der Waals surface area contributed by atoms with Crippen LogP contribution in [0.25, 0.3) is 0 Å². The maximum Gasteiger partial charge on any atom is 0.460 e. The van der Waals surface area contributed by atoms with Gasteiger partial charge in [0.2, 0.25) is 5.91 Å². The molecule has 0 saturated heterocycles. The van der Waals surface area contributed by atoms with Crippen molar-refractivity contribution < 1.29 is 79.4 Å². The number of rotatable bonds is 10. The Hall–Kier alpha value is -2.15. The van der Waals surface area contributed by atoms with Crippen LogP contribution in [0.1, 0.15) is 22.8 Å². The fourth-order valence-corrected chi connectivity index (χ4v) is 4.76. The van der Waals surface area contributed by atoms with E-state index in [-0.39, 0.29) is 23.9 Å². The molecule has 1 aromatic rings. The van der Waals surface area contributed by atoms with Crippen molar-refractivity contribution >= 4 is 17.7 Å². The first-order valence-corrected chi connectivity index (χ1v) is 11.3. The van der Waals surface area contributed by atoms with Gasteiger partial charge in [-0.05, 0) is 11.1 Å². The van der Waals surface area contributed by atoms with Crippen molar-refractivity contribution in [2.24, 2.45) is 0 Å². The van der Waals surface area contributed by atoms with E-state index in [4.69, 9.17) is 0 Å². The normalized spacial score (nSPS) is 18.7. The van der Waals surface area contributed by atoms with Gasteiger partial charge in [0.15, 0.2) is 0 Å². The summed E-state index contributed by atoms with van der Waals surface area (Å²) in [4.78, 5) is 13.4. The lowest BCUT2D eigenvalue weighted by atomic mass is 9.88. The summed E-state index contributed by atoms with van der Waals surface area (Å²) < 4.78 is 227. The number of hydrogen-bond donors (Lipinski definition) is 0. The molecule has 1 amide bonds. The lowest BCUT2D eigenvalue weighted by Gasteiger charge is -2.42. The number of thioether (sulfide) groups is 1. The van der Waals surface area contributed by atoms with E-state index in [9.17, 15) is 79.4 Å². The molecule has 1 aliphatic rings. The molecule has 2 rings (SSSR count). The summed E-state index contributed by atoms with van der Waals surface area (Å²) in [5.74, 6) is -58.7. The maximum absolute atomic E-state index is 14.1. The molecule has 0 bridgehead atoms. The Morgan fingerprint density at radius 2 is 1.12 bits per heavy atom. The minimum atomic E-state index is -8.65. The first kappa shape index (κ1) is 34.1. The number of nitrogens with zero attached hydrogens (tertiary/aromatic N) is 1. The standard InChI is InChI=1S/C20H14F17NOS/c1-38-8-9-4-2-3-5-10(9)11(12(38)39)40-7-6-13(21,22)14(23,24)15(25,26)16(27,28)17(29,30)18(31,32)19(33,34)20(35,36)37/h2-5,11H,6-8H2,1H3. The molecule has 20 heteroatoms. The van der Waals surface area contributed by atoms with Gasteiger partial charge in [-0.1, -0.05) is 24.3 Å². The lowest BCUT2D eigenvalue weighted by molar-refractivity contribution is -0.461. The monoisotopic (exact) mass is 639 g/mol. The van der Waals surface area contributed by atoms with Gasteiger partial charge in [0, 0.05) is 25.8 Å². The van der Waals surface area contributed by atoms with Crippen LogP contribution in [0.5, 0.6) is 0 Å². The summed E-state index contributed by atoms with van der Waals surface area (Å²) in [6.07, 6.45) is -10.4. The van der Waals surface area contributed by atoms with Crippen LogP contribution < -0.4 is 0 Å². The predicted molar refractivity (Wildman–Crippen MR) is 103 cm³/mol. The van der Waals surface area contributed by atoms with Crippen molar-refractivity contribution in [3.05, 3.63) is 35.4 Å². The molecule has 1 atom stereocenters. The second kappa shape index (κ2) is 9.99. The molecule has 0 N–H and O–H groups in total. The van der Waals surface area contributed by atoms with Crippen LogP contribution in [-0.2, 0) is 11.3 Å². The fraction of sp³-hybridized carbons (Fsp3) is 0.650. The number of alkyl halides is 17. The largest absolute Gasteiger partial charge is 0.460 e. The second-order valence-electron chi connectivity index (χ2n) is 8.54. The van der Waals surface area contributed by atoms with Crippen molar-refractivity contribution in [3.8, 4) is 0 Å². The number of carbonyl (C=O) groups is 1. The van der Waals surface area contributed by atoms with Crippen LogP contribution in [0.15, 0.2) is 24.3 Å². The third kappa shape index (κ3) is 4.84. The van der Waals surface area contributed by atoms with E-state index < -0.39 is 71.0 Å². The van der Waals surface area contributed by atoms with Crippen LogP contribution in [0, 0.1) is 0 Å². The molecule has 1 unspecified atom stereocenters. The van der Waals surface area contributed by atoms with Crippen molar-refractivity contribution in [2.75, 3.05) is 12.8 Å². The van der Waals surface area contributed by atoms with E-state index in [1.165, 1.54) is 31.3 Å². The highest BCUT2D eigenvalue weighted by molar-refractivity contribution is 8.00. The molecular formula is C20H14F17NOS. The van der Waals surface area contributed by atoms with Crippen LogP contribution in [0.2, 0.25) is 0 Å². The van der Waals surface area contributed by atoms with Gasteiger partial charge in [-0.15, -0.1) is 11.8 Å². The van der Waals surface area contributed by atoms with Gasteiger partial charge in [-0.25, -0.2) is 0 Å². The van der Waals surface area contributed by atoms with E-state index in [1.54, 1.807) is 0 Å². The molecule has 0 saturated carbocycles. The molecule has 1 heterocycles. The molecule has 2 nitrogen and oxygen atoms in total. The fourth-order valence-electron chi connectivity index (χ4n) is 3.42. The lowest BCUT2D eigenvalue weighted by Crippen LogP contribution is -2.74. The first-order valence-electron chi connectivity index (χ1n) is 10.3. The van der Waals surface area contributed by atoms with Gasteiger partial charge in [0.25, 0.3) is 0 Å². The topological polar surface area (TPSA) is 20.3 Å². The Balaban J connectivity index is 2.37. The number of likely N-dealkylation sites (N-methyl/N-ethyl adjacent to an activating group) is 1. The summed E-state index contributed by atoms with van der Waals surface area (Å²) in [6.45, 7) is 0.00777. The van der Waals surface area contributed by atoms with Gasteiger partial charge < -0.3 is 4.90 Å². The maximum atomic E-state index is 14.1. The minimum absolute atomic E-state index is 0.00777. The second-order valence-corrected chi connectivity index (χ2v) is 9.76. The summed E-state index contributed by atoms with van der Waals surface area (Å²) in [6, 6.07) is 5.63. The Bertz CT molecular complexity index is 1100.